The second kappa shape index (κ2) is 3.82. The zero-order chi connectivity index (χ0) is 11.1. The normalized spacial score (nSPS) is 34.5. The van der Waals surface area contributed by atoms with Crippen LogP contribution >= 0.6 is 0 Å². The zero-order valence-corrected chi connectivity index (χ0v) is 9.93. The van der Waals surface area contributed by atoms with Gasteiger partial charge in [0.05, 0.1) is 6.54 Å². The van der Waals surface area contributed by atoms with Crippen molar-refractivity contribution in [1.82, 2.24) is 25.0 Å². The molecule has 2 saturated heterocycles. The molecule has 0 amide bonds. The number of likely N-dealkylation sites (tertiary alicyclic amines) is 1. The largest absolute Gasteiger partial charge is 0.316 e. The minimum absolute atomic E-state index is 0.664. The molecule has 1 N–H and O–H groups in total. The van der Waals surface area contributed by atoms with Crippen molar-refractivity contribution in [3.63, 3.8) is 0 Å². The summed E-state index contributed by atoms with van der Waals surface area (Å²) in [6.07, 6.45) is 1.64. The van der Waals surface area contributed by atoms with E-state index < -0.39 is 0 Å². The van der Waals surface area contributed by atoms with Crippen molar-refractivity contribution in [1.29, 1.82) is 0 Å². The van der Waals surface area contributed by atoms with Crippen molar-refractivity contribution in [2.75, 3.05) is 19.6 Å². The van der Waals surface area contributed by atoms with Crippen LogP contribution in [0.15, 0.2) is 6.33 Å². The maximum absolute atomic E-state index is 4.30. The molecule has 0 aliphatic carbocycles. The number of nitrogens with zero attached hydrogens (tertiary/aromatic N) is 4. The molecule has 5 heteroatoms. The summed E-state index contributed by atoms with van der Waals surface area (Å²) in [5, 5.41) is 7.61. The summed E-state index contributed by atoms with van der Waals surface area (Å²) in [6.45, 7) is 6.84. The van der Waals surface area contributed by atoms with E-state index in [1.54, 1.807) is 6.33 Å². The van der Waals surface area contributed by atoms with Gasteiger partial charge in [0.1, 0.15) is 12.2 Å². The Labute approximate surface area is 95.8 Å². The average Bonchev–Trinajstić information content (AvgIpc) is 2.91. The average molecular weight is 221 g/mol. The van der Waals surface area contributed by atoms with E-state index in [4.69, 9.17) is 0 Å². The fourth-order valence-corrected chi connectivity index (χ4v) is 3.11. The first-order valence-corrected chi connectivity index (χ1v) is 6.03. The summed E-state index contributed by atoms with van der Waals surface area (Å²) in [5.41, 5.74) is 0. The van der Waals surface area contributed by atoms with Crippen LogP contribution in [-0.2, 0) is 13.6 Å². The molecule has 0 saturated carbocycles. The molecule has 1 aromatic heterocycles. The van der Waals surface area contributed by atoms with Gasteiger partial charge in [0.15, 0.2) is 0 Å². The fraction of sp³-hybridized carbons (Fsp3) is 0.818. The first-order chi connectivity index (χ1) is 7.75. The van der Waals surface area contributed by atoms with E-state index in [1.807, 2.05) is 11.7 Å². The third-order valence-electron chi connectivity index (χ3n) is 4.21. The summed E-state index contributed by atoms with van der Waals surface area (Å²) in [5.74, 6) is 2.73. The molecule has 0 spiro atoms. The van der Waals surface area contributed by atoms with Crippen LogP contribution in [0.3, 0.4) is 0 Å². The predicted molar refractivity (Wildman–Crippen MR) is 60.7 cm³/mol. The molecule has 2 fully saturated rings. The van der Waals surface area contributed by atoms with Gasteiger partial charge in [-0.25, -0.2) is 4.98 Å². The molecule has 2 aliphatic rings. The van der Waals surface area contributed by atoms with Crippen LogP contribution in [-0.4, -0.2) is 45.3 Å². The van der Waals surface area contributed by atoms with Gasteiger partial charge < -0.3 is 5.32 Å². The molecular formula is C11H19N5. The highest BCUT2D eigenvalue weighted by molar-refractivity contribution is 4.98. The molecule has 3 heterocycles. The van der Waals surface area contributed by atoms with E-state index in [0.29, 0.717) is 6.04 Å². The lowest BCUT2D eigenvalue weighted by atomic mass is 9.95. The lowest BCUT2D eigenvalue weighted by Crippen LogP contribution is -2.33. The first kappa shape index (κ1) is 10.2. The number of hydrogen-bond acceptors (Lipinski definition) is 4. The standard InChI is InChI=1S/C11H19N5/c1-8-10-4-12-3-9(10)5-16(8)6-11-13-7-14-15(11)2/h7-10,12H,3-6H2,1-2H3. The van der Waals surface area contributed by atoms with Gasteiger partial charge in [0.25, 0.3) is 0 Å². The van der Waals surface area contributed by atoms with Crippen molar-refractivity contribution >= 4 is 0 Å². The van der Waals surface area contributed by atoms with Crippen LogP contribution < -0.4 is 5.32 Å². The summed E-state index contributed by atoms with van der Waals surface area (Å²) in [4.78, 5) is 6.84. The Hall–Kier alpha value is -0.940. The van der Waals surface area contributed by atoms with Gasteiger partial charge >= 0.3 is 0 Å². The van der Waals surface area contributed by atoms with E-state index in [-0.39, 0.29) is 0 Å². The van der Waals surface area contributed by atoms with Crippen LogP contribution in [0, 0.1) is 11.8 Å². The van der Waals surface area contributed by atoms with Gasteiger partial charge in [-0.15, -0.1) is 0 Å². The van der Waals surface area contributed by atoms with Crippen molar-refractivity contribution < 1.29 is 0 Å². The van der Waals surface area contributed by atoms with Gasteiger partial charge in [0.2, 0.25) is 0 Å². The molecule has 0 aromatic carbocycles. The van der Waals surface area contributed by atoms with Crippen molar-refractivity contribution in [3.8, 4) is 0 Å². The zero-order valence-electron chi connectivity index (χ0n) is 9.93. The highest BCUT2D eigenvalue weighted by atomic mass is 15.3. The maximum Gasteiger partial charge on any atom is 0.140 e. The smallest absolute Gasteiger partial charge is 0.140 e. The Kier molecular flexibility index (Phi) is 2.44. The summed E-state index contributed by atoms with van der Waals surface area (Å²) < 4.78 is 1.87. The van der Waals surface area contributed by atoms with E-state index in [9.17, 15) is 0 Å². The number of aryl methyl sites for hydroxylation is 1. The maximum atomic E-state index is 4.30. The van der Waals surface area contributed by atoms with Crippen molar-refractivity contribution in [2.24, 2.45) is 18.9 Å². The number of rotatable bonds is 2. The van der Waals surface area contributed by atoms with Crippen molar-refractivity contribution in [2.45, 2.75) is 19.5 Å². The molecular weight excluding hydrogens is 202 g/mol. The van der Waals surface area contributed by atoms with Gasteiger partial charge in [-0.3, -0.25) is 9.58 Å². The summed E-state index contributed by atoms with van der Waals surface area (Å²) >= 11 is 0. The highest BCUT2D eigenvalue weighted by Crippen LogP contribution is 2.32. The first-order valence-electron chi connectivity index (χ1n) is 6.03. The van der Waals surface area contributed by atoms with Crippen LogP contribution in [0.4, 0.5) is 0 Å². The molecule has 0 radical (unpaired) electrons. The number of hydrogen-bond donors (Lipinski definition) is 1. The lowest BCUT2D eigenvalue weighted by molar-refractivity contribution is 0.223. The minimum Gasteiger partial charge on any atom is -0.316 e. The quantitative estimate of drug-likeness (QED) is 0.755. The van der Waals surface area contributed by atoms with E-state index in [0.717, 1.165) is 24.2 Å². The summed E-state index contributed by atoms with van der Waals surface area (Å²) in [7, 11) is 1.96. The van der Waals surface area contributed by atoms with Gasteiger partial charge in [0, 0.05) is 19.6 Å². The van der Waals surface area contributed by atoms with Gasteiger partial charge in [-0.05, 0) is 31.8 Å². The topological polar surface area (TPSA) is 46.0 Å². The molecule has 16 heavy (non-hydrogen) atoms. The Morgan fingerprint density at radius 2 is 2.38 bits per heavy atom. The monoisotopic (exact) mass is 221 g/mol. The van der Waals surface area contributed by atoms with Gasteiger partial charge in [-0.1, -0.05) is 0 Å². The Bertz CT molecular complexity index is 374. The fourth-order valence-electron chi connectivity index (χ4n) is 3.11. The summed E-state index contributed by atoms with van der Waals surface area (Å²) in [6, 6.07) is 0.664. The lowest BCUT2D eigenvalue weighted by Gasteiger charge is -2.23. The molecule has 2 aliphatic heterocycles. The van der Waals surface area contributed by atoms with Crippen molar-refractivity contribution in [3.05, 3.63) is 12.2 Å². The van der Waals surface area contributed by atoms with E-state index >= 15 is 0 Å². The molecule has 5 nitrogen and oxygen atoms in total. The molecule has 88 valence electrons. The second-order valence-corrected chi connectivity index (χ2v) is 5.05. The van der Waals surface area contributed by atoms with E-state index in [1.165, 1.54) is 19.6 Å². The third-order valence-corrected chi connectivity index (χ3v) is 4.21. The van der Waals surface area contributed by atoms with Crippen LogP contribution in [0.1, 0.15) is 12.7 Å². The molecule has 3 unspecified atom stereocenters. The third kappa shape index (κ3) is 1.55. The van der Waals surface area contributed by atoms with E-state index in [2.05, 4.69) is 27.2 Å². The Morgan fingerprint density at radius 1 is 1.50 bits per heavy atom. The SMILES string of the molecule is CC1C2CNCC2CN1Cc1ncnn1C. The number of nitrogens with one attached hydrogen (secondary N) is 1. The predicted octanol–water partition coefficient (Wildman–Crippen LogP) is -0.145. The highest BCUT2D eigenvalue weighted by Gasteiger charge is 2.41. The molecule has 3 atom stereocenters. The van der Waals surface area contributed by atoms with Crippen LogP contribution in [0.2, 0.25) is 0 Å². The Morgan fingerprint density at radius 3 is 3.06 bits per heavy atom. The van der Waals surface area contributed by atoms with Crippen LogP contribution in [0.25, 0.3) is 0 Å². The minimum atomic E-state index is 0.664. The number of fused-ring (bicyclic) bond motifs is 1. The van der Waals surface area contributed by atoms with Crippen LogP contribution in [0.5, 0.6) is 0 Å². The molecule has 3 rings (SSSR count). The number of aromatic nitrogens is 3. The molecule has 1 aromatic rings. The second-order valence-electron chi connectivity index (χ2n) is 5.05. The molecule has 0 bridgehead atoms. The van der Waals surface area contributed by atoms with Gasteiger partial charge in [-0.2, -0.15) is 5.10 Å². The Balaban J connectivity index is 1.71.